The number of anilines is 1. The average molecular weight is 472 g/mol. The van der Waals surface area contributed by atoms with E-state index in [1.165, 1.54) is 4.90 Å². The number of aryl methyl sites for hydroxylation is 2. The number of aliphatic hydroxyl groups excluding tert-OH is 1. The summed E-state index contributed by atoms with van der Waals surface area (Å²) < 4.78 is 5.24. The Hall–Kier alpha value is -4.39. The lowest BCUT2D eigenvalue weighted by Crippen LogP contribution is -2.29. The topological polar surface area (TPSA) is 104 Å². The molecule has 1 aliphatic heterocycles. The molecule has 4 rings (SSSR count). The van der Waals surface area contributed by atoms with Gasteiger partial charge in [0.2, 0.25) is 0 Å². The van der Waals surface area contributed by atoms with Crippen molar-refractivity contribution < 1.29 is 29.3 Å². The van der Waals surface area contributed by atoms with Crippen LogP contribution in [0.5, 0.6) is 5.75 Å². The van der Waals surface area contributed by atoms with Crippen LogP contribution in [-0.4, -0.2) is 35.0 Å². The predicted molar refractivity (Wildman–Crippen MR) is 131 cm³/mol. The van der Waals surface area contributed by atoms with Crippen LogP contribution in [0.25, 0.3) is 5.76 Å². The summed E-state index contributed by atoms with van der Waals surface area (Å²) in [4.78, 5) is 38.9. The van der Waals surface area contributed by atoms with Crippen molar-refractivity contribution in [2.24, 2.45) is 0 Å². The number of nitrogens with zero attached hydrogens (tertiary/aromatic N) is 1. The fourth-order valence-corrected chi connectivity index (χ4v) is 4.19. The molecule has 3 aromatic rings. The number of ketones is 1. The summed E-state index contributed by atoms with van der Waals surface area (Å²) in [5, 5.41) is 20.3. The number of hydrogen-bond donors (Lipinski definition) is 2. The highest BCUT2D eigenvalue weighted by atomic mass is 16.5. The van der Waals surface area contributed by atoms with E-state index in [1.807, 2.05) is 19.9 Å². The number of carboxylic acid groups (broad SMARTS) is 1. The molecule has 0 radical (unpaired) electrons. The number of aliphatic carboxylic acids is 1. The van der Waals surface area contributed by atoms with Crippen LogP contribution in [0.1, 0.15) is 33.9 Å². The number of aliphatic hydroxyl groups is 1. The minimum Gasteiger partial charge on any atom is -0.507 e. The van der Waals surface area contributed by atoms with Crippen LogP contribution < -0.4 is 9.64 Å². The van der Waals surface area contributed by atoms with Crippen molar-refractivity contribution in [3.8, 4) is 5.75 Å². The number of carbonyl (C=O) groups excluding carboxylic acids is 2. The van der Waals surface area contributed by atoms with E-state index in [1.54, 1.807) is 67.8 Å². The van der Waals surface area contributed by atoms with E-state index in [9.17, 15) is 19.5 Å². The molecule has 0 saturated carbocycles. The summed E-state index contributed by atoms with van der Waals surface area (Å²) in [6.45, 7) is 3.85. The Kier molecular flexibility index (Phi) is 6.42. The summed E-state index contributed by atoms with van der Waals surface area (Å²) in [5.41, 5.74) is 4.01. The SMILES string of the molecule is COc1ccc(C2/C(=C(/O)c3ccc(C)c(C)c3)C(=O)C(=O)N2c2ccc(CC(=O)O)cc2)cc1. The Morgan fingerprint density at radius 1 is 0.914 bits per heavy atom. The zero-order valence-electron chi connectivity index (χ0n) is 19.6. The molecule has 1 atom stereocenters. The third kappa shape index (κ3) is 4.53. The number of amides is 1. The molecule has 7 heteroatoms. The predicted octanol–water partition coefficient (Wildman–Crippen LogP) is 4.57. The van der Waals surface area contributed by atoms with E-state index in [-0.39, 0.29) is 17.8 Å². The van der Waals surface area contributed by atoms with Crippen LogP contribution in [-0.2, 0) is 20.8 Å². The van der Waals surface area contributed by atoms with Crippen LogP contribution in [0.3, 0.4) is 0 Å². The largest absolute Gasteiger partial charge is 0.507 e. The second-order valence-corrected chi connectivity index (χ2v) is 8.48. The maximum absolute atomic E-state index is 13.3. The van der Waals surface area contributed by atoms with Gasteiger partial charge in [-0.2, -0.15) is 0 Å². The third-order valence-electron chi connectivity index (χ3n) is 6.23. The van der Waals surface area contributed by atoms with E-state index >= 15 is 0 Å². The first-order chi connectivity index (χ1) is 16.7. The summed E-state index contributed by atoms with van der Waals surface area (Å²) >= 11 is 0. The van der Waals surface area contributed by atoms with Gasteiger partial charge in [0, 0.05) is 11.3 Å². The number of Topliss-reactive ketones (excluding diaryl/α,β-unsaturated/α-hetero) is 1. The van der Waals surface area contributed by atoms with Crippen molar-refractivity contribution in [1.29, 1.82) is 0 Å². The Labute approximate surface area is 202 Å². The van der Waals surface area contributed by atoms with Crippen molar-refractivity contribution in [2.45, 2.75) is 26.3 Å². The molecule has 2 N–H and O–H groups in total. The lowest BCUT2D eigenvalue weighted by molar-refractivity contribution is -0.136. The second-order valence-electron chi connectivity index (χ2n) is 8.48. The first-order valence-electron chi connectivity index (χ1n) is 11.0. The van der Waals surface area contributed by atoms with E-state index in [0.29, 0.717) is 28.1 Å². The molecule has 1 unspecified atom stereocenters. The molecule has 1 heterocycles. The van der Waals surface area contributed by atoms with Gasteiger partial charge in [0.05, 0.1) is 25.1 Å². The fourth-order valence-electron chi connectivity index (χ4n) is 4.19. The van der Waals surface area contributed by atoms with E-state index in [0.717, 1.165) is 11.1 Å². The van der Waals surface area contributed by atoms with Gasteiger partial charge in [0.1, 0.15) is 11.5 Å². The molecular formula is C28H25NO6. The van der Waals surface area contributed by atoms with Crippen LogP contribution in [0.2, 0.25) is 0 Å². The van der Waals surface area contributed by atoms with Crippen LogP contribution >= 0.6 is 0 Å². The van der Waals surface area contributed by atoms with Gasteiger partial charge in [0.25, 0.3) is 11.7 Å². The number of methoxy groups -OCH3 is 1. The molecule has 0 bridgehead atoms. The summed E-state index contributed by atoms with van der Waals surface area (Å²) in [5.74, 6) is -2.18. The van der Waals surface area contributed by atoms with Crippen molar-refractivity contribution in [3.05, 3.63) is 100 Å². The fraction of sp³-hybridized carbons (Fsp3) is 0.179. The van der Waals surface area contributed by atoms with Crippen molar-refractivity contribution >= 4 is 29.1 Å². The number of carbonyl (C=O) groups is 3. The minimum absolute atomic E-state index is 0.0157. The molecule has 178 valence electrons. The number of rotatable bonds is 6. The van der Waals surface area contributed by atoms with E-state index < -0.39 is 23.7 Å². The quantitative estimate of drug-likeness (QED) is 0.310. The van der Waals surface area contributed by atoms with Crippen LogP contribution in [0.15, 0.2) is 72.3 Å². The smallest absolute Gasteiger partial charge is 0.307 e. The first kappa shape index (κ1) is 23.8. The molecule has 0 aromatic heterocycles. The highest BCUT2D eigenvalue weighted by Gasteiger charge is 2.47. The lowest BCUT2D eigenvalue weighted by atomic mass is 9.94. The standard InChI is InChI=1S/C28H25NO6/c1-16-4-7-20(14-17(16)2)26(32)24-25(19-8-12-22(35-3)13-9-19)29(28(34)27(24)33)21-10-5-18(6-11-21)15-23(30)31/h4-14,25,32H,15H2,1-3H3,(H,30,31)/b26-24-. The minimum atomic E-state index is -0.968. The zero-order chi connectivity index (χ0) is 25.3. The van der Waals surface area contributed by atoms with Gasteiger partial charge in [-0.15, -0.1) is 0 Å². The molecule has 1 aliphatic rings. The number of carboxylic acids is 1. The van der Waals surface area contributed by atoms with Crippen molar-refractivity contribution in [2.75, 3.05) is 12.0 Å². The third-order valence-corrected chi connectivity index (χ3v) is 6.23. The molecule has 7 nitrogen and oxygen atoms in total. The Morgan fingerprint density at radius 3 is 2.14 bits per heavy atom. The first-order valence-corrected chi connectivity index (χ1v) is 11.0. The van der Waals surface area contributed by atoms with Gasteiger partial charge >= 0.3 is 5.97 Å². The number of benzene rings is 3. The molecule has 0 spiro atoms. The monoisotopic (exact) mass is 471 g/mol. The summed E-state index contributed by atoms with van der Waals surface area (Å²) in [6.07, 6.45) is -0.159. The summed E-state index contributed by atoms with van der Waals surface area (Å²) in [7, 11) is 1.54. The van der Waals surface area contributed by atoms with E-state index in [4.69, 9.17) is 9.84 Å². The number of ether oxygens (including phenoxy) is 1. The van der Waals surface area contributed by atoms with Crippen LogP contribution in [0.4, 0.5) is 5.69 Å². The molecule has 35 heavy (non-hydrogen) atoms. The Morgan fingerprint density at radius 2 is 1.57 bits per heavy atom. The zero-order valence-corrected chi connectivity index (χ0v) is 19.6. The lowest BCUT2D eigenvalue weighted by Gasteiger charge is -2.25. The highest BCUT2D eigenvalue weighted by Crippen LogP contribution is 2.42. The molecule has 3 aromatic carbocycles. The van der Waals surface area contributed by atoms with Gasteiger partial charge in [-0.3, -0.25) is 19.3 Å². The highest BCUT2D eigenvalue weighted by molar-refractivity contribution is 6.51. The maximum atomic E-state index is 13.3. The molecular weight excluding hydrogens is 446 g/mol. The molecule has 1 amide bonds. The van der Waals surface area contributed by atoms with Crippen molar-refractivity contribution in [3.63, 3.8) is 0 Å². The van der Waals surface area contributed by atoms with Crippen LogP contribution in [0, 0.1) is 13.8 Å². The Bertz CT molecular complexity index is 1340. The van der Waals surface area contributed by atoms with Crippen molar-refractivity contribution in [1.82, 2.24) is 0 Å². The molecule has 1 saturated heterocycles. The van der Waals surface area contributed by atoms with Gasteiger partial charge in [0.15, 0.2) is 0 Å². The van der Waals surface area contributed by atoms with Gasteiger partial charge in [-0.1, -0.05) is 36.4 Å². The van der Waals surface area contributed by atoms with Gasteiger partial charge in [-0.25, -0.2) is 0 Å². The van der Waals surface area contributed by atoms with Gasteiger partial charge in [-0.05, 0) is 66.4 Å². The number of hydrogen-bond acceptors (Lipinski definition) is 5. The Balaban J connectivity index is 1.88. The second kappa shape index (κ2) is 9.46. The summed E-state index contributed by atoms with van der Waals surface area (Å²) in [6, 6.07) is 17.8. The normalized spacial score (nSPS) is 17.0. The molecule has 1 fully saturated rings. The average Bonchev–Trinajstić information content (AvgIpc) is 3.11. The van der Waals surface area contributed by atoms with Gasteiger partial charge < -0.3 is 14.9 Å². The molecule has 0 aliphatic carbocycles. The maximum Gasteiger partial charge on any atom is 0.307 e. The van der Waals surface area contributed by atoms with E-state index in [2.05, 4.69) is 0 Å².